The van der Waals surface area contributed by atoms with Gasteiger partial charge in [-0.1, -0.05) is 43.6 Å². The number of piperidine rings is 1. The maximum atomic E-state index is 3.77. The fourth-order valence-corrected chi connectivity index (χ4v) is 2.46. The summed E-state index contributed by atoms with van der Waals surface area (Å²) >= 11 is 3.77. The van der Waals surface area contributed by atoms with Crippen molar-refractivity contribution in [3.63, 3.8) is 0 Å². The number of hydrogen-bond donors (Lipinski definition) is 0. The summed E-state index contributed by atoms with van der Waals surface area (Å²) in [4.78, 5) is 3.31. The van der Waals surface area contributed by atoms with Crippen molar-refractivity contribution >= 4 is 15.9 Å². The summed E-state index contributed by atoms with van der Waals surface area (Å²) in [6, 6.07) is 0. The molecule has 2 atom stereocenters. The number of hydrogen-bond acceptors (Lipinski definition) is 1. The van der Waals surface area contributed by atoms with Crippen molar-refractivity contribution < 1.29 is 0 Å². The lowest BCUT2D eigenvalue weighted by Crippen LogP contribution is -2.41. The Morgan fingerprint density at radius 2 is 2.00 bits per heavy atom. The van der Waals surface area contributed by atoms with E-state index in [-0.39, 0.29) is 0 Å². The molecule has 0 spiro atoms. The van der Waals surface area contributed by atoms with Gasteiger partial charge in [-0.05, 0) is 37.3 Å². The van der Waals surface area contributed by atoms with Crippen LogP contribution in [-0.2, 0) is 0 Å². The molecule has 1 nitrogen and oxygen atoms in total. The highest BCUT2D eigenvalue weighted by atomic mass is 79.9. The van der Waals surface area contributed by atoms with Gasteiger partial charge in [0.1, 0.15) is 0 Å². The van der Waals surface area contributed by atoms with E-state index >= 15 is 0 Å². The summed E-state index contributed by atoms with van der Waals surface area (Å²) in [5.74, 6) is 0.848. The number of likely N-dealkylation sites (tertiary alicyclic amines) is 1. The van der Waals surface area contributed by atoms with E-state index in [9.17, 15) is 0 Å². The van der Waals surface area contributed by atoms with E-state index < -0.39 is 0 Å². The molecule has 1 fully saturated rings. The van der Waals surface area contributed by atoms with E-state index in [0.717, 1.165) is 5.92 Å². The second kappa shape index (κ2) is 4.98. The van der Waals surface area contributed by atoms with Crippen molar-refractivity contribution in [2.75, 3.05) is 19.6 Å². The molecule has 14 heavy (non-hydrogen) atoms. The van der Waals surface area contributed by atoms with Gasteiger partial charge in [0.05, 0.1) is 0 Å². The lowest BCUT2D eigenvalue weighted by Gasteiger charge is -2.35. The van der Waals surface area contributed by atoms with Crippen LogP contribution in [0.25, 0.3) is 0 Å². The lowest BCUT2D eigenvalue weighted by atomic mass is 9.91. The molecule has 0 amide bonds. The van der Waals surface area contributed by atoms with Crippen LogP contribution in [0.1, 0.15) is 40.5 Å². The summed E-state index contributed by atoms with van der Waals surface area (Å²) in [6.45, 7) is 13.1. The normalized spacial score (nSPS) is 30.6. The first-order valence-corrected chi connectivity index (χ1v) is 6.66. The van der Waals surface area contributed by atoms with Crippen molar-refractivity contribution in [2.24, 2.45) is 11.3 Å². The summed E-state index contributed by atoms with van der Waals surface area (Å²) in [6.07, 6.45) is 2.65. The Labute approximate surface area is 97.4 Å². The quantitative estimate of drug-likeness (QED) is 0.688. The van der Waals surface area contributed by atoms with Gasteiger partial charge in [0.2, 0.25) is 0 Å². The molecule has 0 N–H and O–H groups in total. The zero-order valence-electron chi connectivity index (χ0n) is 10.0. The van der Waals surface area contributed by atoms with E-state index in [2.05, 4.69) is 48.5 Å². The third-order valence-corrected chi connectivity index (χ3v) is 4.32. The molecule has 0 radical (unpaired) electrons. The van der Waals surface area contributed by atoms with Crippen molar-refractivity contribution in [1.82, 2.24) is 4.90 Å². The minimum absolute atomic E-state index is 0.477. The standard InChI is InChI=1S/C12H24BrN/c1-10-5-7-14(9-11(10)13)8-6-12(2,3)4/h10-11H,5-9H2,1-4H3. The van der Waals surface area contributed by atoms with E-state index in [0.29, 0.717) is 10.2 Å². The minimum Gasteiger partial charge on any atom is -0.302 e. The van der Waals surface area contributed by atoms with Gasteiger partial charge in [0.15, 0.2) is 0 Å². The SMILES string of the molecule is CC1CCN(CCC(C)(C)C)CC1Br. The smallest absolute Gasteiger partial charge is 0.0299 e. The molecule has 0 aromatic carbocycles. The highest BCUT2D eigenvalue weighted by Crippen LogP contribution is 2.25. The molecule has 0 bridgehead atoms. The predicted molar refractivity (Wildman–Crippen MR) is 67.0 cm³/mol. The Morgan fingerprint density at radius 3 is 2.50 bits per heavy atom. The number of rotatable bonds is 2. The summed E-state index contributed by atoms with van der Waals surface area (Å²) in [5, 5.41) is 0. The highest BCUT2D eigenvalue weighted by molar-refractivity contribution is 9.09. The molecule has 1 saturated heterocycles. The van der Waals surface area contributed by atoms with Crippen LogP contribution in [-0.4, -0.2) is 29.4 Å². The Morgan fingerprint density at radius 1 is 1.36 bits per heavy atom. The molecule has 0 aromatic rings. The zero-order chi connectivity index (χ0) is 10.8. The molecule has 1 heterocycles. The summed E-state index contributed by atoms with van der Waals surface area (Å²) in [7, 11) is 0. The molecular weight excluding hydrogens is 238 g/mol. The highest BCUT2D eigenvalue weighted by Gasteiger charge is 2.24. The Balaban J connectivity index is 2.27. The molecule has 2 unspecified atom stereocenters. The topological polar surface area (TPSA) is 3.24 Å². The summed E-state index contributed by atoms with van der Waals surface area (Å²) in [5.41, 5.74) is 0.477. The van der Waals surface area contributed by atoms with Crippen molar-refractivity contribution in [1.29, 1.82) is 0 Å². The van der Waals surface area contributed by atoms with Crippen LogP contribution >= 0.6 is 15.9 Å². The first kappa shape index (κ1) is 12.5. The van der Waals surface area contributed by atoms with Gasteiger partial charge < -0.3 is 4.90 Å². The maximum absolute atomic E-state index is 3.77. The molecule has 0 saturated carbocycles. The Hall–Kier alpha value is 0.440. The fraction of sp³-hybridized carbons (Fsp3) is 1.00. The second-order valence-corrected chi connectivity index (χ2v) is 7.07. The van der Waals surface area contributed by atoms with Gasteiger partial charge >= 0.3 is 0 Å². The fourth-order valence-electron chi connectivity index (χ4n) is 1.78. The van der Waals surface area contributed by atoms with Gasteiger partial charge in [0, 0.05) is 11.4 Å². The largest absolute Gasteiger partial charge is 0.302 e. The Bertz CT molecular complexity index is 174. The molecule has 0 aromatic heterocycles. The van der Waals surface area contributed by atoms with Crippen LogP contribution in [0.2, 0.25) is 0 Å². The lowest BCUT2D eigenvalue weighted by molar-refractivity contribution is 0.177. The van der Waals surface area contributed by atoms with Crippen LogP contribution in [0.3, 0.4) is 0 Å². The third kappa shape index (κ3) is 4.31. The van der Waals surface area contributed by atoms with E-state index in [1.54, 1.807) is 0 Å². The first-order chi connectivity index (χ1) is 6.38. The monoisotopic (exact) mass is 261 g/mol. The van der Waals surface area contributed by atoms with Gasteiger partial charge in [-0.3, -0.25) is 0 Å². The molecule has 1 rings (SSSR count). The predicted octanol–water partition coefficient (Wildman–Crippen LogP) is 3.53. The van der Waals surface area contributed by atoms with E-state index in [4.69, 9.17) is 0 Å². The number of nitrogens with zero attached hydrogens (tertiary/aromatic N) is 1. The average Bonchev–Trinajstić information content (AvgIpc) is 2.06. The van der Waals surface area contributed by atoms with E-state index in [1.165, 1.54) is 32.5 Å². The maximum Gasteiger partial charge on any atom is 0.0299 e. The molecule has 2 heteroatoms. The van der Waals surface area contributed by atoms with Gasteiger partial charge in [-0.2, -0.15) is 0 Å². The van der Waals surface area contributed by atoms with Crippen molar-refractivity contribution in [3.8, 4) is 0 Å². The van der Waals surface area contributed by atoms with Gasteiger partial charge in [-0.15, -0.1) is 0 Å². The molecule has 84 valence electrons. The minimum atomic E-state index is 0.477. The number of alkyl halides is 1. The van der Waals surface area contributed by atoms with Crippen LogP contribution < -0.4 is 0 Å². The van der Waals surface area contributed by atoms with Crippen LogP contribution in [0.4, 0.5) is 0 Å². The number of halogens is 1. The van der Waals surface area contributed by atoms with Crippen molar-refractivity contribution in [3.05, 3.63) is 0 Å². The molecular formula is C12H24BrN. The molecule has 1 aliphatic rings. The average molecular weight is 262 g/mol. The van der Waals surface area contributed by atoms with E-state index in [1.807, 2.05) is 0 Å². The third-order valence-electron chi connectivity index (χ3n) is 3.13. The molecule has 1 aliphatic heterocycles. The van der Waals surface area contributed by atoms with Crippen LogP contribution in [0.15, 0.2) is 0 Å². The zero-order valence-corrected chi connectivity index (χ0v) is 11.6. The molecule has 0 aliphatic carbocycles. The van der Waals surface area contributed by atoms with Crippen LogP contribution in [0.5, 0.6) is 0 Å². The van der Waals surface area contributed by atoms with Gasteiger partial charge in [0.25, 0.3) is 0 Å². The Kier molecular flexibility index (Phi) is 4.45. The van der Waals surface area contributed by atoms with Gasteiger partial charge in [-0.25, -0.2) is 0 Å². The van der Waals surface area contributed by atoms with Crippen LogP contribution in [0, 0.1) is 11.3 Å². The second-order valence-electron chi connectivity index (χ2n) is 5.89. The first-order valence-electron chi connectivity index (χ1n) is 5.75. The summed E-state index contributed by atoms with van der Waals surface area (Å²) < 4.78 is 0. The van der Waals surface area contributed by atoms with Crippen molar-refractivity contribution in [2.45, 2.75) is 45.4 Å².